The van der Waals surface area contributed by atoms with E-state index in [1.165, 1.54) is 38.8 Å². The van der Waals surface area contributed by atoms with E-state index in [4.69, 9.17) is 5.73 Å². The molecule has 1 saturated carbocycles. The normalized spacial score (nSPS) is 35.1. The van der Waals surface area contributed by atoms with Crippen LogP contribution < -0.4 is 11.1 Å². The topological polar surface area (TPSA) is 38.0 Å². The van der Waals surface area contributed by atoms with Gasteiger partial charge in [-0.05, 0) is 50.1 Å². The molecule has 2 rings (SSSR count). The molecule has 14 heavy (non-hydrogen) atoms. The molecule has 1 aliphatic carbocycles. The molecule has 1 spiro atoms. The summed E-state index contributed by atoms with van der Waals surface area (Å²) < 4.78 is 0. The van der Waals surface area contributed by atoms with Gasteiger partial charge in [-0.25, -0.2) is 0 Å². The van der Waals surface area contributed by atoms with Crippen molar-refractivity contribution in [1.82, 2.24) is 5.32 Å². The molecule has 0 radical (unpaired) electrons. The fourth-order valence-electron chi connectivity index (χ4n) is 3.11. The van der Waals surface area contributed by atoms with E-state index in [0.29, 0.717) is 11.5 Å². The van der Waals surface area contributed by atoms with E-state index in [2.05, 4.69) is 12.2 Å². The molecule has 2 fully saturated rings. The highest BCUT2D eigenvalue weighted by atomic mass is 14.9. The van der Waals surface area contributed by atoms with Gasteiger partial charge in [0.15, 0.2) is 0 Å². The Morgan fingerprint density at radius 3 is 2.21 bits per heavy atom. The fraction of sp³-hybridized carbons (Fsp3) is 1.00. The van der Waals surface area contributed by atoms with Crippen molar-refractivity contribution in [3.05, 3.63) is 0 Å². The quantitative estimate of drug-likeness (QED) is 0.626. The van der Waals surface area contributed by atoms with Gasteiger partial charge in [0, 0.05) is 6.04 Å². The van der Waals surface area contributed by atoms with Crippen molar-refractivity contribution in [3.8, 4) is 0 Å². The van der Waals surface area contributed by atoms with Crippen LogP contribution in [-0.2, 0) is 0 Å². The number of rotatable bonds is 0. The molecule has 2 atom stereocenters. The molecule has 0 amide bonds. The Labute approximate surface area is 88.6 Å². The first-order chi connectivity index (χ1) is 6.73. The Kier molecular flexibility index (Phi) is 4.39. The first kappa shape index (κ1) is 12.0. The summed E-state index contributed by atoms with van der Waals surface area (Å²) in [6.45, 7) is 8.71. The van der Waals surface area contributed by atoms with Gasteiger partial charge in [0.2, 0.25) is 0 Å². The second kappa shape index (κ2) is 5.13. The summed E-state index contributed by atoms with van der Waals surface area (Å²) in [6.07, 6.45) is 5.23. The van der Waals surface area contributed by atoms with E-state index in [9.17, 15) is 0 Å². The molecule has 1 heterocycles. The lowest BCUT2D eigenvalue weighted by atomic mass is 9.74. The highest BCUT2D eigenvalue weighted by Crippen LogP contribution is 2.46. The maximum atomic E-state index is 6.21. The third-order valence-electron chi connectivity index (χ3n) is 3.80. The molecule has 1 aliphatic heterocycles. The van der Waals surface area contributed by atoms with Crippen LogP contribution >= 0.6 is 0 Å². The molecule has 3 N–H and O–H groups in total. The molecule has 0 aromatic rings. The summed E-state index contributed by atoms with van der Waals surface area (Å²) in [4.78, 5) is 0. The Hall–Kier alpha value is -0.0800. The minimum Gasteiger partial charge on any atom is -0.327 e. The molecular weight excluding hydrogens is 172 g/mol. The van der Waals surface area contributed by atoms with Gasteiger partial charge in [0.25, 0.3) is 0 Å². The maximum Gasteiger partial charge on any atom is 0.00991 e. The van der Waals surface area contributed by atoms with Gasteiger partial charge in [-0.2, -0.15) is 0 Å². The fourth-order valence-corrected chi connectivity index (χ4v) is 3.11. The predicted molar refractivity (Wildman–Crippen MR) is 62.3 cm³/mol. The maximum absolute atomic E-state index is 6.21. The molecular formula is C12H26N2. The zero-order valence-corrected chi connectivity index (χ0v) is 9.97. The van der Waals surface area contributed by atoms with Gasteiger partial charge in [-0.1, -0.05) is 20.8 Å². The zero-order chi connectivity index (χ0) is 10.6. The average molecular weight is 198 g/mol. The molecule has 2 aliphatic rings. The number of piperidine rings is 1. The number of hydrogen-bond donors (Lipinski definition) is 2. The van der Waals surface area contributed by atoms with Crippen molar-refractivity contribution in [1.29, 1.82) is 0 Å². The van der Waals surface area contributed by atoms with Gasteiger partial charge in [0.1, 0.15) is 0 Å². The van der Waals surface area contributed by atoms with Crippen LogP contribution in [0.3, 0.4) is 0 Å². The average Bonchev–Trinajstić information content (AvgIpc) is 2.46. The van der Waals surface area contributed by atoms with Crippen molar-refractivity contribution in [2.45, 2.75) is 52.5 Å². The zero-order valence-electron chi connectivity index (χ0n) is 9.97. The van der Waals surface area contributed by atoms with E-state index in [-0.39, 0.29) is 0 Å². The number of nitrogens with one attached hydrogen (secondary N) is 1. The smallest absolute Gasteiger partial charge is 0.00991 e. The van der Waals surface area contributed by atoms with Crippen molar-refractivity contribution >= 4 is 0 Å². The van der Waals surface area contributed by atoms with Crippen LogP contribution in [-0.4, -0.2) is 19.1 Å². The van der Waals surface area contributed by atoms with Crippen LogP contribution in [0.2, 0.25) is 0 Å². The van der Waals surface area contributed by atoms with Crippen molar-refractivity contribution in [2.75, 3.05) is 13.1 Å². The van der Waals surface area contributed by atoms with Gasteiger partial charge in [0.05, 0.1) is 0 Å². The molecule has 0 aromatic heterocycles. The molecule has 0 aromatic carbocycles. The second-order valence-corrected chi connectivity index (χ2v) is 4.76. The van der Waals surface area contributed by atoms with Gasteiger partial charge < -0.3 is 11.1 Å². The van der Waals surface area contributed by atoms with Crippen LogP contribution in [0.25, 0.3) is 0 Å². The van der Waals surface area contributed by atoms with Crippen LogP contribution in [0.4, 0.5) is 0 Å². The summed E-state index contributed by atoms with van der Waals surface area (Å²) in [6, 6.07) is 0.481. The molecule has 2 unspecified atom stereocenters. The van der Waals surface area contributed by atoms with Crippen LogP contribution in [0.5, 0.6) is 0 Å². The Bertz CT molecular complexity index is 162. The Morgan fingerprint density at radius 1 is 1.21 bits per heavy atom. The molecule has 0 bridgehead atoms. The van der Waals surface area contributed by atoms with E-state index in [1.54, 1.807) is 0 Å². The van der Waals surface area contributed by atoms with Crippen LogP contribution in [0.1, 0.15) is 46.5 Å². The summed E-state index contributed by atoms with van der Waals surface area (Å²) in [5, 5.41) is 3.42. The van der Waals surface area contributed by atoms with E-state index in [0.717, 1.165) is 5.92 Å². The van der Waals surface area contributed by atoms with Gasteiger partial charge in [-0.15, -0.1) is 0 Å². The van der Waals surface area contributed by atoms with Gasteiger partial charge >= 0.3 is 0 Å². The van der Waals surface area contributed by atoms with E-state index < -0.39 is 0 Å². The van der Waals surface area contributed by atoms with E-state index in [1.807, 2.05) is 13.8 Å². The highest BCUT2D eigenvalue weighted by Gasteiger charge is 2.44. The van der Waals surface area contributed by atoms with Crippen LogP contribution in [0, 0.1) is 11.3 Å². The molecule has 2 nitrogen and oxygen atoms in total. The minimum absolute atomic E-state index is 0.481. The third kappa shape index (κ3) is 2.29. The lowest BCUT2D eigenvalue weighted by Crippen LogP contribution is -2.45. The predicted octanol–water partition coefficient (Wildman–Crippen LogP) is 2.14. The molecule has 2 heteroatoms. The largest absolute Gasteiger partial charge is 0.327 e. The van der Waals surface area contributed by atoms with Crippen molar-refractivity contribution < 1.29 is 0 Å². The second-order valence-electron chi connectivity index (χ2n) is 4.76. The van der Waals surface area contributed by atoms with Gasteiger partial charge in [-0.3, -0.25) is 0 Å². The highest BCUT2D eigenvalue weighted by molar-refractivity contribution is 4.99. The Morgan fingerprint density at radius 2 is 1.79 bits per heavy atom. The summed E-state index contributed by atoms with van der Waals surface area (Å²) in [5.74, 6) is 0.859. The summed E-state index contributed by atoms with van der Waals surface area (Å²) >= 11 is 0. The van der Waals surface area contributed by atoms with Crippen molar-refractivity contribution in [3.63, 3.8) is 0 Å². The first-order valence-electron chi connectivity index (χ1n) is 6.19. The lowest BCUT2D eigenvalue weighted by molar-refractivity contribution is 0.179. The van der Waals surface area contributed by atoms with E-state index >= 15 is 0 Å². The monoisotopic (exact) mass is 198 g/mol. The SMILES string of the molecule is CC.CC1CC(N)C2(CCNCC2)C1. The lowest BCUT2D eigenvalue weighted by Gasteiger charge is -2.37. The molecule has 84 valence electrons. The third-order valence-corrected chi connectivity index (χ3v) is 3.80. The summed E-state index contributed by atoms with van der Waals surface area (Å²) in [5.41, 5.74) is 6.73. The van der Waals surface area contributed by atoms with Crippen LogP contribution in [0.15, 0.2) is 0 Å². The minimum atomic E-state index is 0.481. The summed E-state index contributed by atoms with van der Waals surface area (Å²) in [7, 11) is 0. The number of hydrogen-bond acceptors (Lipinski definition) is 2. The number of nitrogens with two attached hydrogens (primary N) is 1. The first-order valence-corrected chi connectivity index (χ1v) is 6.19. The Balaban J connectivity index is 0.000000461. The molecule has 1 saturated heterocycles. The standard InChI is InChI=1S/C10H20N2.C2H6/c1-8-6-9(11)10(7-8)2-4-12-5-3-10;1-2/h8-9,12H,2-7,11H2,1H3;1-2H3. The van der Waals surface area contributed by atoms with Crippen molar-refractivity contribution in [2.24, 2.45) is 17.1 Å².